The van der Waals surface area contributed by atoms with E-state index in [-0.39, 0.29) is 4.90 Å². The van der Waals surface area contributed by atoms with Gasteiger partial charge in [0.1, 0.15) is 5.82 Å². The first-order chi connectivity index (χ1) is 11.9. The predicted molar refractivity (Wildman–Crippen MR) is 97.9 cm³/mol. The van der Waals surface area contributed by atoms with Crippen LogP contribution in [0.3, 0.4) is 0 Å². The highest BCUT2D eigenvalue weighted by molar-refractivity contribution is 7.86. The maximum Gasteiger partial charge on any atom is 0.296 e. The molecule has 0 fully saturated rings. The molecule has 0 bridgehead atoms. The van der Waals surface area contributed by atoms with Crippen molar-refractivity contribution >= 4 is 10.1 Å². The molecule has 25 heavy (non-hydrogen) atoms. The van der Waals surface area contributed by atoms with Gasteiger partial charge in [-0.25, -0.2) is 4.98 Å². The van der Waals surface area contributed by atoms with Crippen molar-refractivity contribution in [2.24, 2.45) is 0 Å². The number of benzene rings is 2. The van der Waals surface area contributed by atoms with Gasteiger partial charge in [0.2, 0.25) is 0 Å². The number of nitrogens with zero attached hydrogens (tertiary/aromatic N) is 2. The van der Waals surface area contributed by atoms with Crippen LogP contribution in [0, 0.1) is 13.8 Å². The van der Waals surface area contributed by atoms with Gasteiger partial charge in [-0.05, 0) is 31.5 Å². The molecule has 3 rings (SSSR count). The molecule has 0 aliphatic rings. The largest absolute Gasteiger partial charge is 0.331 e. The van der Waals surface area contributed by atoms with E-state index in [4.69, 9.17) is 0 Å². The highest BCUT2D eigenvalue weighted by Gasteiger charge is 2.11. The van der Waals surface area contributed by atoms with E-state index in [0.717, 1.165) is 25.0 Å². The van der Waals surface area contributed by atoms with Crippen LogP contribution in [0.25, 0.3) is 0 Å². The van der Waals surface area contributed by atoms with E-state index in [0.29, 0.717) is 0 Å². The average Bonchev–Trinajstić information content (AvgIpc) is 3.02. The molecule has 1 heterocycles. The van der Waals surface area contributed by atoms with Crippen LogP contribution in [-0.2, 0) is 20.8 Å². The van der Waals surface area contributed by atoms with Gasteiger partial charge in [-0.15, -0.1) is 0 Å². The summed E-state index contributed by atoms with van der Waals surface area (Å²) in [6.45, 7) is 4.82. The predicted octanol–water partition coefficient (Wildman–Crippen LogP) is 3.57. The third-order valence-electron chi connectivity index (χ3n) is 3.65. The highest BCUT2D eigenvalue weighted by Crippen LogP contribution is 2.11. The standard InChI is InChI=1S/C11H12N2.C8H10O3S/c1-10-12-7-8-13(10)9-11-5-3-2-4-6-11;1-7-3-5-8(6-4-7)12(9,10)11-2/h2-8H,9H2,1H3;3-6H,1-2H3. The first kappa shape index (κ1) is 18.9. The molecule has 0 saturated heterocycles. The van der Waals surface area contributed by atoms with E-state index in [9.17, 15) is 8.42 Å². The van der Waals surface area contributed by atoms with Gasteiger partial charge in [0, 0.05) is 18.9 Å². The van der Waals surface area contributed by atoms with Gasteiger partial charge in [0.05, 0.1) is 12.0 Å². The van der Waals surface area contributed by atoms with Crippen molar-refractivity contribution in [2.75, 3.05) is 7.11 Å². The Morgan fingerprint density at radius 1 is 1.00 bits per heavy atom. The summed E-state index contributed by atoms with van der Waals surface area (Å²) in [4.78, 5) is 4.37. The van der Waals surface area contributed by atoms with E-state index >= 15 is 0 Å². The fourth-order valence-electron chi connectivity index (χ4n) is 2.15. The molecule has 5 nitrogen and oxygen atoms in total. The van der Waals surface area contributed by atoms with Crippen LogP contribution in [0.4, 0.5) is 0 Å². The van der Waals surface area contributed by atoms with Crippen molar-refractivity contribution in [3.8, 4) is 0 Å². The van der Waals surface area contributed by atoms with E-state index < -0.39 is 10.1 Å². The molecule has 0 N–H and O–H groups in total. The van der Waals surface area contributed by atoms with Gasteiger partial charge in [-0.2, -0.15) is 8.42 Å². The normalized spacial score (nSPS) is 10.8. The number of rotatable bonds is 4. The van der Waals surface area contributed by atoms with Gasteiger partial charge in [0.15, 0.2) is 0 Å². The van der Waals surface area contributed by atoms with Gasteiger partial charge in [-0.3, -0.25) is 4.18 Å². The first-order valence-corrected chi connectivity index (χ1v) is 9.22. The summed E-state index contributed by atoms with van der Waals surface area (Å²) in [5.41, 5.74) is 2.33. The Morgan fingerprint density at radius 3 is 2.16 bits per heavy atom. The minimum Gasteiger partial charge on any atom is -0.331 e. The molecule has 0 aliphatic carbocycles. The summed E-state index contributed by atoms with van der Waals surface area (Å²) in [6.07, 6.45) is 3.83. The van der Waals surface area contributed by atoms with Crippen molar-refractivity contribution in [1.82, 2.24) is 9.55 Å². The van der Waals surface area contributed by atoms with Crippen LogP contribution < -0.4 is 0 Å². The number of hydrogen-bond donors (Lipinski definition) is 0. The van der Waals surface area contributed by atoms with Crippen molar-refractivity contribution in [3.05, 3.63) is 83.9 Å². The van der Waals surface area contributed by atoms with Crippen LogP contribution in [0.5, 0.6) is 0 Å². The Balaban J connectivity index is 0.000000181. The maximum absolute atomic E-state index is 11.1. The lowest BCUT2D eigenvalue weighted by atomic mass is 10.2. The molecule has 3 aromatic rings. The van der Waals surface area contributed by atoms with E-state index in [2.05, 4.69) is 38.0 Å². The third kappa shape index (κ3) is 5.55. The number of aromatic nitrogens is 2. The van der Waals surface area contributed by atoms with Gasteiger partial charge < -0.3 is 4.57 Å². The molecular formula is C19H22N2O3S. The fraction of sp³-hybridized carbons (Fsp3) is 0.211. The molecule has 0 atom stereocenters. The summed E-state index contributed by atoms with van der Waals surface area (Å²) >= 11 is 0. The Labute approximate surface area is 149 Å². The van der Waals surface area contributed by atoms with Crippen molar-refractivity contribution < 1.29 is 12.6 Å². The molecular weight excluding hydrogens is 336 g/mol. The highest BCUT2D eigenvalue weighted by atomic mass is 32.2. The summed E-state index contributed by atoms with van der Waals surface area (Å²) in [5, 5.41) is 0. The van der Waals surface area contributed by atoms with Crippen molar-refractivity contribution in [1.29, 1.82) is 0 Å². The molecule has 2 aromatic carbocycles. The van der Waals surface area contributed by atoms with Crippen LogP contribution in [-0.4, -0.2) is 25.1 Å². The van der Waals surface area contributed by atoms with Crippen LogP contribution in [0.15, 0.2) is 71.9 Å². The Kier molecular flexibility index (Phi) is 6.50. The quantitative estimate of drug-likeness (QED) is 0.669. The molecule has 0 spiro atoms. The minimum absolute atomic E-state index is 0.190. The zero-order chi connectivity index (χ0) is 18.3. The number of hydrogen-bond acceptors (Lipinski definition) is 4. The Hall–Kier alpha value is -2.44. The topological polar surface area (TPSA) is 61.2 Å². The minimum atomic E-state index is -3.51. The van der Waals surface area contributed by atoms with E-state index in [1.54, 1.807) is 12.1 Å². The molecule has 0 aliphatic heterocycles. The zero-order valence-corrected chi connectivity index (χ0v) is 15.4. The molecule has 0 saturated carbocycles. The third-order valence-corrected chi connectivity index (χ3v) is 4.94. The molecule has 1 aromatic heterocycles. The molecule has 0 unspecified atom stereocenters. The second-order valence-electron chi connectivity index (χ2n) is 5.52. The van der Waals surface area contributed by atoms with Crippen LogP contribution in [0.1, 0.15) is 17.0 Å². The number of aryl methyl sites for hydroxylation is 2. The SMILES string of the molecule is COS(=O)(=O)c1ccc(C)cc1.Cc1nccn1Cc1ccccc1. The second kappa shape index (κ2) is 8.60. The maximum atomic E-state index is 11.1. The summed E-state index contributed by atoms with van der Waals surface area (Å²) in [6, 6.07) is 16.9. The second-order valence-corrected chi connectivity index (χ2v) is 7.23. The summed E-state index contributed by atoms with van der Waals surface area (Å²) in [5.74, 6) is 1.06. The molecule has 0 amide bonds. The Morgan fingerprint density at radius 2 is 1.64 bits per heavy atom. The van der Waals surface area contributed by atoms with Crippen molar-refractivity contribution in [2.45, 2.75) is 25.3 Å². The zero-order valence-electron chi connectivity index (χ0n) is 14.6. The average molecular weight is 358 g/mol. The molecule has 6 heteroatoms. The lowest BCUT2D eigenvalue weighted by Gasteiger charge is -2.03. The fourth-order valence-corrected chi connectivity index (χ4v) is 2.81. The first-order valence-electron chi connectivity index (χ1n) is 7.81. The lowest BCUT2D eigenvalue weighted by molar-refractivity contribution is 0.398. The monoisotopic (exact) mass is 358 g/mol. The van der Waals surface area contributed by atoms with Crippen LogP contribution in [0.2, 0.25) is 0 Å². The summed E-state index contributed by atoms with van der Waals surface area (Å²) in [7, 11) is -2.37. The smallest absolute Gasteiger partial charge is 0.296 e. The van der Waals surface area contributed by atoms with Gasteiger partial charge >= 0.3 is 0 Å². The van der Waals surface area contributed by atoms with Gasteiger partial charge in [0.25, 0.3) is 10.1 Å². The lowest BCUT2D eigenvalue weighted by Crippen LogP contribution is -2.02. The van der Waals surface area contributed by atoms with E-state index in [1.807, 2.05) is 32.3 Å². The molecule has 0 radical (unpaired) electrons. The van der Waals surface area contributed by atoms with Gasteiger partial charge in [-0.1, -0.05) is 48.0 Å². The van der Waals surface area contributed by atoms with E-state index in [1.165, 1.54) is 17.7 Å². The van der Waals surface area contributed by atoms with Crippen LogP contribution >= 0.6 is 0 Å². The number of imidazole rings is 1. The van der Waals surface area contributed by atoms with Crippen molar-refractivity contribution in [3.63, 3.8) is 0 Å². The molecule has 132 valence electrons. The Bertz CT molecular complexity index is 886. The summed E-state index contributed by atoms with van der Waals surface area (Å²) < 4.78 is 28.7.